The average molecular weight is 941 g/mol. The van der Waals surface area contributed by atoms with Crippen molar-refractivity contribution in [1.29, 1.82) is 5.26 Å². The molecular weight excluding hydrogens is 882 g/mol. The lowest BCUT2D eigenvalue weighted by molar-refractivity contribution is -0.141. The van der Waals surface area contributed by atoms with Crippen LogP contribution in [0.2, 0.25) is 5.02 Å². The first-order valence-electron chi connectivity index (χ1n) is 22.0. The number of nitrogens with zero attached hydrogens (tertiary/aromatic N) is 4. The molecule has 5 amide bonds. The van der Waals surface area contributed by atoms with Crippen molar-refractivity contribution < 1.29 is 38.2 Å². The van der Waals surface area contributed by atoms with Crippen LogP contribution >= 0.6 is 11.6 Å². The quantitative estimate of drug-likeness (QED) is 0.0525. The summed E-state index contributed by atoms with van der Waals surface area (Å²) in [5, 5.41) is 20.2. The van der Waals surface area contributed by atoms with Gasteiger partial charge in [-0.3, -0.25) is 24.0 Å². The fourth-order valence-corrected chi connectivity index (χ4v) is 7.51. The van der Waals surface area contributed by atoms with E-state index in [1.165, 1.54) is 20.2 Å². The van der Waals surface area contributed by atoms with Gasteiger partial charge in [0.1, 0.15) is 61.2 Å². The maximum absolute atomic E-state index is 14.7. The van der Waals surface area contributed by atoms with E-state index in [2.05, 4.69) is 38.2 Å². The lowest BCUT2D eigenvalue weighted by Crippen LogP contribution is -2.56. The van der Waals surface area contributed by atoms with Crippen molar-refractivity contribution in [2.75, 3.05) is 53.0 Å². The number of fused-ring (bicyclic) bond motifs is 5. The van der Waals surface area contributed by atoms with Crippen LogP contribution in [0.3, 0.4) is 0 Å². The molecule has 20 heteroatoms. The van der Waals surface area contributed by atoms with E-state index < -0.39 is 53.7 Å². The summed E-state index contributed by atoms with van der Waals surface area (Å²) < 4.78 is 17.9. The smallest absolute Gasteiger partial charge is 0.255 e. The summed E-state index contributed by atoms with van der Waals surface area (Å²) in [5.74, 6) is -1.86. The number of likely N-dealkylation sites (N-methyl/N-ethyl adjacent to an activating group) is 1. The molecule has 19 nitrogen and oxygen atoms in total. The molecule has 10 N–H and O–H groups in total. The zero-order valence-electron chi connectivity index (χ0n) is 38.0. The SMILES string of the molecule is CCCCOc1ccc(-c2ncc(C(=O)N[C@@H](CCN)C(=O)N(C)[C@@H]3C(=O)N[C@@H](C)C(=O)N[C@H](C(=O)NCC#N)Cc4ccc(OCCN)c(c4)-c4cc3ccc4OCCN)c(C)n2)cc1Cl. The van der Waals surface area contributed by atoms with Crippen molar-refractivity contribution in [1.82, 2.24) is 36.1 Å². The Morgan fingerprint density at radius 1 is 0.925 bits per heavy atom. The molecule has 4 aromatic rings. The second-order valence-corrected chi connectivity index (χ2v) is 16.1. The van der Waals surface area contributed by atoms with Gasteiger partial charge in [-0.15, -0.1) is 0 Å². The zero-order valence-corrected chi connectivity index (χ0v) is 38.8. The summed E-state index contributed by atoms with van der Waals surface area (Å²) in [6.07, 6.45) is 3.18. The molecule has 4 bridgehead atoms. The van der Waals surface area contributed by atoms with Gasteiger partial charge in [0.15, 0.2) is 5.82 Å². The molecule has 2 heterocycles. The Morgan fingerprint density at radius 3 is 2.24 bits per heavy atom. The van der Waals surface area contributed by atoms with Crippen molar-refractivity contribution in [3.05, 3.63) is 88.2 Å². The number of aromatic nitrogens is 2. The number of hydrogen-bond acceptors (Lipinski definition) is 14. The maximum atomic E-state index is 14.7. The van der Waals surface area contributed by atoms with Crippen LogP contribution in [0.4, 0.5) is 0 Å². The molecule has 1 aliphatic heterocycles. The minimum atomic E-state index is -1.42. The lowest BCUT2D eigenvalue weighted by atomic mass is 9.93. The number of hydrogen-bond donors (Lipinski definition) is 7. The molecule has 67 heavy (non-hydrogen) atoms. The van der Waals surface area contributed by atoms with Crippen LogP contribution in [-0.2, 0) is 25.6 Å². The molecule has 5 rings (SSSR count). The normalized spacial score (nSPS) is 16.3. The number of ether oxygens (including phenoxy) is 3. The van der Waals surface area contributed by atoms with E-state index in [9.17, 15) is 24.0 Å². The first-order chi connectivity index (χ1) is 32.2. The van der Waals surface area contributed by atoms with Gasteiger partial charge in [-0.05, 0) is 86.8 Å². The van der Waals surface area contributed by atoms with E-state index >= 15 is 0 Å². The predicted molar refractivity (Wildman–Crippen MR) is 251 cm³/mol. The molecule has 0 fully saturated rings. The van der Waals surface area contributed by atoms with E-state index in [0.29, 0.717) is 68.2 Å². The highest BCUT2D eigenvalue weighted by atomic mass is 35.5. The highest BCUT2D eigenvalue weighted by Gasteiger charge is 2.36. The van der Waals surface area contributed by atoms with Gasteiger partial charge in [-0.25, -0.2) is 9.97 Å². The first-order valence-corrected chi connectivity index (χ1v) is 22.3. The fourth-order valence-electron chi connectivity index (χ4n) is 7.28. The number of halogens is 1. The third-order valence-corrected chi connectivity index (χ3v) is 11.1. The Labute approximate surface area is 394 Å². The number of amides is 5. The summed E-state index contributed by atoms with van der Waals surface area (Å²) in [4.78, 5) is 80.4. The summed E-state index contributed by atoms with van der Waals surface area (Å²) in [6, 6.07) is 12.1. The maximum Gasteiger partial charge on any atom is 0.255 e. The Hall–Kier alpha value is -6.85. The van der Waals surface area contributed by atoms with Gasteiger partial charge in [0.2, 0.25) is 23.6 Å². The number of unbranched alkanes of at least 4 members (excludes halogenated alkanes) is 1. The molecular formula is C47H58ClN11O8. The first kappa shape index (κ1) is 51.1. The molecule has 0 spiro atoms. The molecule has 3 aromatic carbocycles. The van der Waals surface area contributed by atoms with Gasteiger partial charge >= 0.3 is 0 Å². The van der Waals surface area contributed by atoms with Gasteiger partial charge in [0.05, 0.1) is 29.0 Å². The molecule has 0 saturated heterocycles. The summed E-state index contributed by atoms with van der Waals surface area (Å²) in [6.45, 7) is 5.96. The highest BCUT2D eigenvalue weighted by molar-refractivity contribution is 6.32. The van der Waals surface area contributed by atoms with Gasteiger partial charge in [-0.2, -0.15) is 5.26 Å². The number of carbonyl (C=O) groups is 5. The van der Waals surface area contributed by atoms with Gasteiger partial charge < -0.3 is 57.6 Å². The largest absolute Gasteiger partial charge is 0.492 e. The number of rotatable bonds is 19. The average Bonchev–Trinajstić information content (AvgIpc) is 3.31. The Morgan fingerprint density at radius 2 is 1.60 bits per heavy atom. The van der Waals surface area contributed by atoms with Crippen molar-refractivity contribution >= 4 is 41.1 Å². The van der Waals surface area contributed by atoms with E-state index in [1.54, 1.807) is 61.5 Å². The third kappa shape index (κ3) is 13.2. The molecule has 1 aliphatic rings. The molecule has 4 atom stereocenters. The lowest BCUT2D eigenvalue weighted by Gasteiger charge is -2.32. The summed E-state index contributed by atoms with van der Waals surface area (Å²) in [5.41, 5.74) is 20.5. The van der Waals surface area contributed by atoms with Crippen molar-refractivity contribution in [2.24, 2.45) is 17.2 Å². The van der Waals surface area contributed by atoms with Crippen LogP contribution in [0.25, 0.3) is 22.5 Å². The van der Waals surface area contributed by atoms with Crippen LogP contribution in [0.15, 0.2) is 60.8 Å². The Kier molecular flexibility index (Phi) is 18.8. The molecule has 0 radical (unpaired) electrons. The monoisotopic (exact) mass is 939 g/mol. The molecule has 0 unspecified atom stereocenters. The van der Waals surface area contributed by atoms with Gasteiger partial charge in [0, 0.05) is 49.4 Å². The molecule has 0 saturated carbocycles. The fraction of sp³-hybridized carbons (Fsp3) is 0.404. The minimum absolute atomic E-state index is 0.00578. The predicted octanol–water partition coefficient (Wildman–Crippen LogP) is 2.46. The van der Waals surface area contributed by atoms with E-state index in [-0.39, 0.29) is 57.8 Å². The topological polar surface area (TPSA) is 292 Å². The second kappa shape index (κ2) is 24.6. The van der Waals surface area contributed by atoms with E-state index in [4.69, 9.17) is 48.3 Å². The van der Waals surface area contributed by atoms with Crippen LogP contribution < -0.4 is 52.7 Å². The van der Waals surface area contributed by atoms with Gasteiger partial charge in [-0.1, -0.05) is 37.1 Å². The zero-order chi connectivity index (χ0) is 48.6. The number of nitrogens with two attached hydrogens (primary N) is 3. The van der Waals surface area contributed by atoms with Gasteiger partial charge in [0.25, 0.3) is 5.91 Å². The third-order valence-electron chi connectivity index (χ3n) is 10.8. The summed E-state index contributed by atoms with van der Waals surface area (Å²) in [7, 11) is 1.40. The van der Waals surface area contributed by atoms with Crippen molar-refractivity contribution in [2.45, 2.75) is 70.6 Å². The Balaban J connectivity index is 1.53. The second-order valence-electron chi connectivity index (χ2n) is 15.7. The number of nitrogens with one attached hydrogen (secondary N) is 4. The van der Waals surface area contributed by atoms with Crippen LogP contribution in [0.1, 0.15) is 66.3 Å². The van der Waals surface area contributed by atoms with Crippen molar-refractivity contribution in [3.8, 4) is 45.8 Å². The number of aryl methyl sites for hydroxylation is 1. The van der Waals surface area contributed by atoms with Crippen LogP contribution in [0.5, 0.6) is 17.2 Å². The standard InChI is InChI=1S/C47H58ClN11O8/c1-5-6-19-65-40-12-9-31(25-35(40)48)42-54-26-34(27(2)55-42)44(61)57-36(13-14-49)47(64)59(4)41-30-8-11-39(67-21-17-52)33(24-30)32-22-29(7-10-38(32)66-20-16-51)23-37(45(62)53-18-15-50)58-43(60)28(3)56-46(41)63/h7-12,22,24-26,28,36-37,41H,5-6,13-14,16-21,23,49,51-52H2,1-4H3,(H,53,62)(H,56,63)(H,57,61)(H,58,60)/t28-,36-,37-,41-/m0/s1. The minimum Gasteiger partial charge on any atom is -0.492 e. The highest BCUT2D eigenvalue weighted by Crippen LogP contribution is 2.40. The van der Waals surface area contributed by atoms with Crippen LogP contribution in [0, 0.1) is 18.3 Å². The van der Waals surface area contributed by atoms with Crippen LogP contribution in [-0.4, -0.2) is 116 Å². The van der Waals surface area contributed by atoms with E-state index in [1.807, 2.05) is 6.07 Å². The number of benzene rings is 3. The Bertz CT molecular complexity index is 2470. The molecule has 1 aromatic heterocycles. The number of nitriles is 1. The number of carbonyl (C=O) groups excluding carboxylic acids is 5. The molecule has 0 aliphatic carbocycles. The van der Waals surface area contributed by atoms with E-state index in [0.717, 1.165) is 17.7 Å². The van der Waals surface area contributed by atoms with Crippen molar-refractivity contribution in [3.63, 3.8) is 0 Å². The summed E-state index contributed by atoms with van der Waals surface area (Å²) >= 11 is 6.50. The molecule has 356 valence electrons.